The van der Waals surface area contributed by atoms with E-state index in [9.17, 15) is 46.4 Å². The number of para-hydroxylation sites is 2. The Morgan fingerprint density at radius 2 is 0.912 bits per heavy atom. The van der Waals surface area contributed by atoms with E-state index < -0.39 is 64.7 Å². The molecule has 0 unspecified atom stereocenters. The quantitative estimate of drug-likeness (QED) is 0.121. The Hall–Kier alpha value is -4.79. The number of aryl methyl sites for hydroxylation is 2. The maximum atomic E-state index is 12.6. The Balaban J connectivity index is 0.000000562. The minimum absolute atomic E-state index is 0. The predicted molar refractivity (Wildman–Crippen MR) is 195 cm³/mol. The van der Waals surface area contributed by atoms with Crippen LogP contribution in [0.4, 0.5) is 22.7 Å². The smallest absolute Gasteiger partial charge is 0.870 e. The molecule has 0 bridgehead atoms. The van der Waals surface area contributed by atoms with E-state index in [0.29, 0.717) is 11.4 Å². The van der Waals surface area contributed by atoms with Crippen molar-refractivity contribution < 1.29 is 68.0 Å². The number of hydrogen-bond acceptors (Lipinski definition) is 16. The van der Waals surface area contributed by atoms with Gasteiger partial charge in [0.2, 0.25) is 0 Å². The molecule has 0 spiro atoms. The number of halogens is 4. The molecule has 0 N–H and O–H groups in total. The fourth-order valence-electron chi connectivity index (χ4n) is 4.64. The molecule has 1 radical (unpaired) electrons. The molecule has 0 saturated carbocycles. The minimum Gasteiger partial charge on any atom is -0.870 e. The third kappa shape index (κ3) is 10.0. The van der Waals surface area contributed by atoms with Crippen molar-refractivity contribution in [1.29, 1.82) is 0 Å². The van der Waals surface area contributed by atoms with Crippen LogP contribution in [0.3, 0.4) is 0 Å². The van der Waals surface area contributed by atoms with Gasteiger partial charge in [0, 0.05) is 21.8 Å². The molecule has 0 amide bonds. The second kappa shape index (κ2) is 17.8. The van der Waals surface area contributed by atoms with Crippen LogP contribution >= 0.6 is 46.4 Å². The number of nitrogens with zero attached hydrogens (tertiary/aromatic N) is 8. The van der Waals surface area contributed by atoms with Crippen molar-refractivity contribution in [2.75, 3.05) is 0 Å². The molecule has 2 aromatic heterocycles. The van der Waals surface area contributed by atoms with E-state index in [0.717, 1.165) is 33.6 Å². The van der Waals surface area contributed by atoms with Crippen LogP contribution in [0.1, 0.15) is 15.7 Å². The standard InChI is InChI=1S/2C16H12Cl2N4O5S.Cr/c2*1-8-14(16(24)22(21-8)12-5-3-2-4-10(12)18)20-19-11-6-9(17)7-13(15(11)23)28(25,26)27;/h2*2-7,23-24H,1H3,(H,25,26,27);/q;;+3/p-3. The summed E-state index contributed by atoms with van der Waals surface area (Å²) in [6.45, 7) is 2.99. The SMILES string of the molecule is Cc1nn(-c2ccccc2Cl)c([O-])c1N=Nc1cc(Cl)cc(S(=O)(=O)[O-])c1[O-].Cc1nn(-c2ccccc2Cl)c([O-])c1N=Nc1cc(Cl)cc(S(=O)(=O)[O-])c1[O-].[Cr+3].[H+].[H+].[H+]. The summed E-state index contributed by atoms with van der Waals surface area (Å²) in [5.74, 6) is -3.65. The van der Waals surface area contributed by atoms with E-state index in [1.165, 1.54) is 13.8 Å². The zero-order valence-electron chi connectivity index (χ0n) is 31.3. The van der Waals surface area contributed by atoms with Gasteiger partial charge < -0.3 is 29.5 Å². The topological polar surface area (TPSA) is 292 Å². The molecule has 0 aliphatic heterocycles. The molecular formula is C32H21Cl4CrN8O10S2. The van der Waals surface area contributed by atoms with Gasteiger partial charge in [0.1, 0.15) is 31.6 Å². The number of benzene rings is 4. The molecule has 2 heterocycles. The van der Waals surface area contributed by atoms with E-state index >= 15 is 0 Å². The Morgan fingerprint density at radius 1 is 0.579 bits per heavy atom. The average Bonchev–Trinajstić information content (AvgIpc) is 3.56. The maximum absolute atomic E-state index is 12.6. The van der Waals surface area contributed by atoms with Gasteiger partial charge in [-0.1, -0.05) is 82.2 Å². The van der Waals surface area contributed by atoms with E-state index in [4.69, 9.17) is 46.4 Å². The number of rotatable bonds is 8. The second-order valence-corrected chi connectivity index (χ2v) is 15.4. The molecule has 57 heavy (non-hydrogen) atoms. The number of hydrogen-bond donors (Lipinski definition) is 0. The fraction of sp³-hybridized carbons (Fsp3) is 0.0625. The molecule has 6 aromatic rings. The summed E-state index contributed by atoms with van der Waals surface area (Å²) in [5.41, 5.74) is -0.356. The van der Waals surface area contributed by atoms with Gasteiger partial charge in [0.05, 0.1) is 54.0 Å². The first-order valence-corrected chi connectivity index (χ1v) is 19.3. The summed E-state index contributed by atoms with van der Waals surface area (Å²) < 4.78 is 69.1. The third-order valence-corrected chi connectivity index (χ3v) is 9.95. The molecule has 0 atom stereocenters. The van der Waals surface area contributed by atoms with Gasteiger partial charge in [-0.25, -0.2) is 26.2 Å². The number of azo groups is 2. The van der Waals surface area contributed by atoms with Crippen LogP contribution < -0.4 is 20.4 Å². The molecular weight excluding hydrogens is 914 g/mol. The summed E-state index contributed by atoms with van der Waals surface area (Å²) in [6, 6.07) is 16.5. The van der Waals surface area contributed by atoms with Gasteiger partial charge in [-0.15, -0.1) is 10.2 Å². The van der Waals surface area contributed by atoms with E-state index in [2.05, 4.69) is 30.7 Å². The van der Waals surface area contributed by atoms with Crippen LogP contribution in [-0.2, 0) is 37.6 Å². The van der Waals surface area contributed by atoms with Gasteiger partial charge in [-0.2, -0.15) is 20.4 Å². The van der Waals surface area contributed by atoms with Gasteiger partial charge in [-0.3, -0.25) is 0 Å². The summed E-state index contributed by atoms with van der Waals surface area (Å²) >= 11 is 23.6. The maximum Gasteiger partial charge on any atom is 3.00 e. The average molecular weight is 936 g/mol. The van der Waals surface area contributed by atoms with Gasteiger partial charge in [0.25, 0.3) is 0 Å². The first-order valence-electron chi connectivity index (χ1n) is 15.0. The first kappa shape index (κ1) is 44.9. The zero-order valence-corrected chi connectivity index (χ0v) is 34.3. The normalized spacial score (nSPS) is 11.8. The van der Waals surface area contributed by atoms with Crippen LogP contribution in [-0.4, -0.2) is 45.5 Å². The Morgan fingerprint density at radius 3 is 1.23 bits per heavy atom. The monoisotopic (exact) mass is 933 g/mol. The number of aromatic nitrogens is 4. The van der Waals surface area contributed by atoms with Crippen LogP contribution in [0.25, 0.3) is 11.4 Å². The van der Waals surface area contributed by atoms with Crippen LogP contribution in [0.2, 0.25) is 20.1 Å². The zero-order chi connectivity index (χ0) is 41.3. The molecule has 0 fully saturated rings. The summed E-state index contributed by atoms with van der Waals surface area (Å²) in [4.78, 5) is -2.11. The Kier molecular flexibility index (Phi) is 14.0. The largest absolute Gasteiger partial charge is 3.00 e. The first-order chi connectivity index (χ1) is 26.2. The van der Waals surface area contributed by atoms with Gasteiger partial charge in [-0.05, 0) is 62.4 Å². The van der Waals surface area contributed by atoms with Crippen molar-refractivity contribution in [3.8, 4) is 34.6 Å². The molecule has 6 rings (SSSR count). The fourth-order valence-corrected chi connectivity index (χ4v) is 6.83. The Bertz CT molecular complexity index is 2630. The van der Waals surface area contributed by atoms with Crippen molar-refractivity contribution >= 4 is 89.4 Å². The predicted octanol–water partition coefficient (Wildman–Crippen LogP) is 6.24. The van der Waals surface area contributed by atoms with Crippen molar-refractivity contribution in [1.82, 2.24) is 19.6 Å². The van der Waals surface area contributed by atoms with Crippen molar-refractivity contribution in [3.05, 3.63) is 104 Å². The molecule has 0 aliphatic rings. The van der Waals surface area contributed by atoms with Crippen molar-refractivity contribution in [3.63, 3.8) is 0 Å². The van der Waals surface area contributed by atoms with Crippen LogP contribution in [0.5, 0.6) is 23.3 Å². The van der Waals surface area contributed by atoms with E-state index in [1.54, 1.807) is 48.5 Å². The molecule has 25 heteroatoms. The Labute approximate surface area is 358 Å². The van der Waals surface area contributed by atoms with Crippen LogP contribution in [0.15, 0.2) is 103 Å². The van der Waals surface area contributed by atoms with Gasteiger partial charge in [0.15, 0.2) is 0 Å². The summed E-state index contributed by atoms with van der Waals surface area (Å²) in [7, 11) is -10.1. The minimum atomic E-state index is -5.06. The van der Waals surface area contributed by atoms with Crippen molar-refractivity contribution in [2.24, 2.45) is 20.5 Å². The molecule has 4 aromatic carbocycles. The van der Waals surface area contributed by atoms with Crippen LogP contribution in [0, 0.1) is 13.8 Å². The molecule has 295 valence electrons. The second-order valence-electron chi connectivity index (χ2n) is 11.0. The van der Waals surface area contributed by atoms with Gasteiger partial charge >= 0.3 is 21.6 Å². The summed E-state index contributed by atoms with van der Waals surface area (Å²) in [6.07, 6.45) is 0. The van der Waals surface area contributed by atoms with E-state index in [-0.39, 0.29) is 64.5 Å². The molecule has 18 nitrogen and oxygen atoms in total. The van der Waals surface area contributed by atoms with E-state index in [1.807, 2.05) is 0 Å². The summed E-state index contributed by atoms with van der Waals surface area (Å²) in [5, 5.41) is 72.3. The van der Waals surface area contributed by atoms with Crippen molar-refractivity contribution in [2.45, 2.75) is 23.6 Å². The molecule has 0 aliphatic carbocycles. The third-order valence-electron chi connectivity index (χ3n) is 7.19. The molecule has 0 saturated heterocycles.